The van der Waals surface area contributed by atoms with E-state index in [-0.39, 0.29) is 12.6 Å². The van der Waals surface area contributed by atoms with Gasteiger partial charge in [0.05, 0.1) is 6.04 Å². The van der Waals surface area contributed by atoms with Crippen LogP contribution < -0.4 is 5.32 Å². The number of aliphatic hydroxyl groups excluding tert-OH is 1. The van der Waals surface area contributed by atoms with Gasteiger partial charge in [0.15, 0.2) is 0 Å². The highest BCUT2D eigenvalue weighted by atomic mass is 79.9. The Balaban J connectivity index is 2.80. The number of aliphatic hydroxyl groups is 1. The number of alkyl carbamates (subject to hydrolysis) is 1. The standard InChI is InChI=1S/C15H22BrNO3/c1-15(2,3)20-14(19)17-13(9-6-10-18)11-7-4-5-8-12(11)16/h4-5,7-8,13,18H,6,9-10H2,1-3H3,(H,17,19). The summed E-state index contributed by atoms with van der Waals surface area (Å²) in [6, 6.07) is 7.53. The molecule has 5 heteroatoms. The first-order valence-corrected chi connectivity index (χ1v) is 7.47. The van der Waals surface area contributed by atoms with Crippen LogP contribution in [-0.4, -0.2) is 23.4 Å². The Morgan fingerprint density at radius 3 is 2.60 bits per heavy atom. The second-order valence-electron chi connectivity index (χ2n) is 5.59. The summed E-state index contributed by atoms with van der Waals surface area (Å²) in [4.78, 5) is 11.9. The van der Waals surface area contributed by atoms with Crippen LogP contribution in [0.1, 0.15) is 45.2 Å². The van der Waals surface area contributed by atoms with Crippen molar-refractivity contribution < 1.29 is 14.6 Å². The summed E-state index contributed by atoms with van der Waals surface area (Å²) >= 11 is 3.49. The Kier molecular flexibility index (Phi) is 6.49. The average molecular weight is 344 g/mol. The first kappa shape index (κ1) is 17.0. The molecule has 4 nitrogen and oxygen atoms in total. The maximum atomic E-state index is 11.9. The minimum Gasteiger partial charge on any atom is -0.444 e. The van der Waals surface area contributed by atoms with Gasteiger partial charge in [-0.3, -0.25) is 0 Å². The molecule has 1 rings (SSSR count). The highest BCUT2D eigenvalue weighted by molar-refractivity contribution is 9.10. The van der Waals surface area contributed by atoms with Crippen molar-refractivity contribution in [1.82, 2.24) is 5.32 Å². The van der Waals surface area contributed by atoms with Gasteiger partial charge >= 0.3 is 6.09 Å². The fraction of sp³-hybridized carbons (Fsp3) is 0.533. The highest BCUT2D eigenvalue weighted by Gasteiger charge is 2.21. The van der Waals surface area contributed by atoms with E-state index in [0.29, 0.717) is 12.8 Å². The van der Waals surface area contributed by atoms with E-state index in [0.717, 1.165) is 10.0 Å². The van der Waals surface area contributed by atoms with E-state index in [2.05, 4.69) is 21.2 Å². The summed E-state index contributed by atoms with van der Waals surface area (Å²) in [5.41, 5.74) is 0.450. The number of carbonyl (C=O) groups is 1. The third-order valence-corrected chi connectivity index (χ3v) is 3.34. The van der Waals surface area contributed by atoms with E-state index in [4.69, 9.17) is 9.84 Å². The van der Waals surface area contributed by atoms with E-state index in [1.807, 2.05) is 45.0 Å². The smallest absolute Gasteiger partial charge is 0.408 e. The minimum atomic E-state index is -0.528. The van der Waals surface area contributed by atoms with Crippen LogP contribution in [0.15, 0.2) is 28.7 Å². The van der Waals surface area contributed by atoms with Gasteiger partial charge in [-0.15, -0.1) is 0 Å². The topological polar surface area (TPSA) is 58.6 Å². The van der Waals surface area contributed by atoms with Crippen LogP contribution in [0.25, 0.3) is 0 Å². The van der Waals surface area contributed by atoms with Gasteiger partial charge in [0.25, 0.3) is 0 Å². The molecule has 112 valence electrons. The zero-order valence-electron chi connectivity index (χ0n) is 12.1. The molecule has 0 aromatic heterocycles. The Morgan fingerprint density at radius 1 is 1.40 bits per heavy atom. The SMILES string of the molecule is CC(C)(C)OC(=O)NC(CCCO)c1ccccc1Br. The number of halogens is 1. The lowest BCUT2D eigenvalue weighted by Gasteiger charge is -2.24. The summed E-state index contributed by atoms with van der Waals surface area (Å²) in [5.74, 6) is 0. The quantitative estimate of drug-likeness (QED) is 0.854. The molecule has 0 saturated carbocycles. The molecule has 0 aliphatic rings. The number of hydrogen-bond donors (Lipinski definition) is 2. The number of nitrogens with one attached hydrogen (secondary N) is 1. The van der Waals surface area contributed by atoms with Gasteiger partial charge in [-0.05, 0) is 45.2 Å². The lowest BCUT2D eigenvalue weighted by atomic mass is 10.0. The molecule has 1 aromatic carbocycles. The predicted molar refractivity (Wildman–Crippen MR) is 82.6 cm³/mol. The fourth-order valence-corrected chi connectivity index (χ4v) is 2.37. The van der Waals surface area contributed by atoms with Crippen molar-refractivity contribution in [2.75, 3.05) is 6.61 Å². The third kappa shape index (κ3) is 5.92. The molecule has 0 saturated heterocycles. The Morgan fingerprint density at radius 2 is 2.05 bits per heavy atom. The summed E-state index contributed by atoms with van der Waals surface area (Å²) in [6.07, 6.45) is 0.816. The lowest BCUT2D eigenvalue weighted by molar-refractivity contribution is 0.0498. The van der Waals surface area contributed by atoms with Crippen molar-refractivity contribution in [3.8, 4) is 0 Å². The van der Waals surface area contributed by atoms with Crippen LogP contribution in [-0.2, 0) is 4.74 Å². The first-order chi connectivity index (χ1) is 9.33. The average Bonchev–Trinajstić information content (AvgIpc) is 2.33. The fourth-order valence-electron chi connectivity index (χ4n) is 1.81. The van der Waals surface area contributed by atoms with Gasteiger partial charge in [-0.1, -0.05) is 34.1 Å². The second-order valence-corrected chi connectivity index (χ2v) is 6.44. The largest absolute Gasteiger partial charge is 0.444 e. The molecule has 0 spiro atoms. The third-order valence-electron chi connectivity index (χ3n) is 2.62. The molecule has 0 fully saturated rings. The predicted octanol–water partition coefficient (Wildman–Crippen LogP) is 3.79. The number of ether oxygens (including phenoxy) is 1. The molecule has 1 unspecified atom stereocenters. The number of rotatable bonds is 5. The van der Waals surface area contributed by atoms with E-state index in [1.165, 1.54) is 0 Å². The Labute approximate surface area is 128 Å². The van der Waals surface area contributed by atoms with Crippen molar-refractivity contribution in [2.24, 2.45) is 0 Å². The molecule has 20 heavy (non-hydrogen) atoms. The van der Waals surface area contributed by atoms with Crippen LogP contribution in [0, 0.1) is 0 Å². The summed E-state index contributed by atoms with van der Waals surface area (Å²) in [7, 11) is 0. The Hall–Kier alpha value is -1.07. The van der Waals surface area contributed by atoms with Crippen LogP contribution in [0.5, 0.6) is 0 Å². The monoisotopic (exact) mass is 343 g/mol. The summed E-state index contributed by atoms with van der Waals surface area (Å²) in [5, 5.41) is 11.9. The van der Waals surface area contributed by atoms with Crippen molar-refractivity contribution in [3.63, 3.8) is 0 Å². The Bertz CT molecular complexity index is 443. The summed E-state index contributed by atoms with van der Waals surface area (Å²) < 4.78 is 6.21. The molecule has 1 atom stereocenters. The maximum Gasteiger partial charge on any atom is 0.408 e. The first-order valence-electron chi connectivity index (χ1n) is 6.68. The molecule has 1 amide bonds. The normalized spacial score (nSPS) is 12.8. The zero-order chi connectivity index (χ0) is 15.2. The number of carbonyl (C=O) groups excluding carboxylic acids is 1. The van der Waals surface area contributed by atoms with Gasteiger partial charge in [0, 0.05) is 11.1 Å². The lowest BCUT2D eigenvalue weighted by Crippen LogP contribution is -2.35. The molecule has 0 radical (unpaired) electrons. The second kappa shape index (κ2) is 7.64. The maximum absolute atomic E-state index is 11.9. The van der Waals surface area contributed by atoms with Crippen molar-refractivity contribution >= 4 is 22.0 Å². The van der Waals surface area contributed by atoms with Gasteiger partial charge in [0.2, 0.25) is 0 Å². The van der Waals surface area contributed by atoms with Crippen molar-refractivity contribution in [2.45, 2.75) is 45.3 Å². The molecule has 0 heterocycles. The molecular weight excluding hydrogens is 322 g/mol. The minimum absolute atomic E-state index is 0.0942. The van der Waals surface area contributed by atoms with Crippen LogP contribution in [0.2, 0.25) is 0 Å². The molecule has 0 bridgehead atoms. The van der Waals surface area contributed by atoms with Gasteiger partial charge < -0.3 is 15.2 Å². The van der Waals surface area contributed by atoms with E-state index in [9.17, 15) is 4.79 Å². The highest BCUT2D eigenvalue weighted by Crippen LogP contribution is 2.26. The molecule has 2 N–H and O–H groups in total. The van der Waals surface area contributed by atoms with Crippen molar-refractivity contribution in [1.29, 1.82) is 0 Å². The van der Waals surface area contributed by atoms with Crippen LogP contribution in [0.4, 0.5) is 4.79 Å². The van der Waals surface area contributed by atoms with Crippen LogP contribution >= 0.6 is 15.9 Å². The van der Waals surface area contributed by atoms with E-state index < -0.39 is 11.7 Å². The molecule has 0 aliphatic heterocycles. The van der Waals surface area contributed by atoms with Crippen molar-refractivity contribution in [3.05, 3.63) is 34.3 Å². The summed E-state index contributed by atoms with van der Waals surface area (Å²) in [6.45, 7) is 5.58. The molecule has 0 aliphatic carbocycles. The van der Waals surface area contributed by atoms with Gasteiger partial charge in [-0.2, -0.15) is 0 Å². The zero-order valence-corrected chi connectivity index (χ0v) is 13.7. The number of benzene rings is 1. The molecular formula is C15H22BrNO3. The number of amides is 1. The van der Waals surface area contributed by atoms with E-state index in [1.54, 1.807) is 0 Å². The van der Waals surface area contributed by atoms with E-state index >= 15 is 0 Å². The van der Waals surface area contributed by atoms with Gasteiger partial charge in [-0.25, -0.2) is 4.79 Å². The number of hydrogen-bond acceptors (Lipinski definition) is 3. The molecule has 1 aromatic rings. The van der Waals surface area contributed by atoms with Crippen LogP contribution in [0.3, 0.4) is 0 Å². The van der Waals surface area contributed by atoms with Gasteiger partial charge in [0.1, 0.15) is 5.60 Å².